The second kappa shape index (κ2) is 12.5. The average Bonchev–Trinajstić information content (AvgIpc) is 3.19. The van der Waals surface area contributed by atoms with Crippen molar-refractivity contribution in [1.29, 1.82) is 0 Å². The number of hydrogen-bond donors (Lipinski definition) is 1. The van der Waals surface area contributed by atoms with Crippen molar-refractivity contribution < 1.29 is 14.3 Å². The first-order valence-electron chi connectivity index (χ1n) is 13.8. The van der Waals surface area contributed by atoms with Gasteiger partial charge in [-0.3, -0.25) is 4.79 Å². The Morgan fingerprint density at radius 2 is 1.53 bits per heavy atom. The van der Waals surface area contributed by atoms with E-state index in [9.17, 15) is 9.59 Å². The topological polar surface area (TPSA) is 61.9 Å². The third-order valence-electron chi connectivity index (χ3n) is 7.13. The summed E-state index contributed by atoms with van der Waals surface area (Å²) in [5.74, 6) is -0.361. The molecule has 1 aliphatic rings. The SMILES string of the molecule is CCCCCCCN(/C(Nc1c(C)cc(N(C)C)cc1C)=C1\C(=O)COC1=O)c1ccc(C(C)(C)C)cc1. The Balaban J connectivity index is 2.12. The number of hydrogen-bond acceptors (Lipinski definition) is 6. The lowest BCUT2D eigenvalue weighted by Crippen LogP contribution is -2.32. The third kappa shape index (κ3) is 6.97. The van der Waals surface area contributed by atoms with Crippen LogP contribution >= 0.6 is 0 Å². The molecule has 0 unspecified atom stereocenters. The van der Waals surface area contributed by atoms with Crippen molar-refractivity contribution in [3.8, 4) is 0 Å². The number of ketones is 1. The molecule has 1 N–H and O–H groups in total. The first kappa shape index (κ1) is 29.3. The molecule has 6 heteroatoms. The summed E-state index contributed by atoms with van der Waals surface area (Å²) in [6.07, 6.45) is 5.57. The Labute approximate surface area is 229 Å². The summed E-state index contributed by atoms with van der Waals surface area (Å²) in [4.78, 5) is 30.0. The molecule has 1 heterocycles. The van der Waals surface area contributed by atoms with Gasteiger partial charge in [0.25, 0.3) is 0 Å². The number of nitrogens with zero attached hydrogens (tertiary/aromatic N) is 2. The second-order valence-corrected chi connectivity index (χ2v) is 11.6. The minimum atomic E-state index is -0.569. The first-order chi connectivity index (χ1) is 17.9. The van der Waals surface area contributed by atoms with Gasteiger partial charge in [-0.25, -0.2) is 4.79 Å². The molecule has 2 aromatic carbocycles. The van der Waals surface area contributed by atoms with E-state index in [4.69, 9.17) is 4.74 Å². The van der Waals surface area contributed by atoms with Gasteiger partial charge in [0.05, 0.1) is 0 Å². The van der Waals surface area contributed by atoms with E-state index in [0.717, 1.165) is 47.5 Å². The summed E-state index contributed by atoms with van der Waals surface area (Å²) in [5.41, 5.74) is 6.36. The van der Waals surface area contributed by atoms with Crippen LogP contribution in [0.5, 0.6) is 0 Å². The van der Waals surface area contributed by atoms with E-state index in [0.29, 0.717) is 12.4 Å². The Morgan fingerprint density at radius 3 is 2.03 bits per heavy atom. The number of nitrogens with one attached hydrogen (secondary N) is 1. The van der Waals surface area contributed by atoms with Crippen LogP contribution in [0.3, 0.4) is 0 Å². The van der Waals surface area contributed by atoms with Crippen molar-refractivity contribution >= 4 is 28.8 Å². The smallest absolute Gasteiger partial charge is 0.346 e. The van der Waals surface area contributed by atoms with E-state index in [2.05, 4.69) is 79.2 Å². The molecule has 6 nitrogen and oxygen atoms in total. The highest BCUT2D eigenvalue weighted by Gasteiger charge is 2.35. The third-order valence-corrected chi connectivity index (χ3v) is 7.13. The minimum absolute atomic E-state index is 0.0245. The van der Waals surface area contributed by atoms with Crippen LogP contribution in [0.2, 0.25) is 0 Å². The Morgan fingerprint density at radius 1 is 0.921 bits per heavy atom. The number of esters is 1. The summed E-state index contributed by atoms with van der Waals surface area (Å²) < 4.78 is 5.20. The molecule has 38 heavy (non-hydrogen) atoms. The number of benzene rings is 2. The molecule has 2 aromatic rings. The maximum absolute atomic E-state index is 13.0. The summed E-state index contributed by atoms with van der Waals surface area (Å²) >= 11 is 0. The van der Waals surface area contributed by atoms with Gasteiger partial charge in [0.1, 0.15) is 11.4 Å². The van der Waals surface area contributed by atoms with Crippen LogP contribution in [-0.4, -0.2) is 39.0 Å². The second-order valence-electron chi connectivity index (χ2n) is 11.6. The van der Waals surface area contributed by atoms with Crippen molar-refractivity contribution in [1.82, 2.24) is 0 Å². The molecule has 0 amide bonds. The van der Waals surface area contributed by atoms with Crippen LogP contribution in [0.25, 0.3) is 0 Å². The predicted octanol–water partition coefficient (Wildman–Crippen LogP) is 6.89. The fraction of sp³-hybridized carbons (Fsp3) is 0.500. The van der Waals surface area contributed by atoms with Gasteiger partial charge in [0.15, 0.2) is 6.61 Å². The van der Waals surface area contributed by atoms with Crippen molar-refractivity contribution in [2.24, 2.45) is 0 Å². The molecule has 0 aliphatic carbocycles. The van der Waals surface area contributed by atoms with Crippen LogP contribution in [-0.2, 0) is 19.7 Å². The predicted molar refractivity (Wildman–Crippen MR) is 158 cm³/mol. The van der Waals surface area contributed by atoms with Crippen LogP contribution in [0, 0.1) is 13.8 Å². The number of ether oxygens (including phenoxy) is 1. The fourth-order valence-electron chi connectivity index (χ4n) is 4.78. The van der Waals surface area contributed by atoms with Gasteiger partial charge in [-0.1, -0.05) is 65.5 Å². The molecule has 1 fully saturated rings. The van der Waals surface area contributed by atoms with Crippen molar-refractivity contribution in [2.45, 2.75) is 79.1 Å². The maximum atomic E-state index is 13.0. The summed E-state index contributed by atoms with van der Waals surface area (Å²) in [6.45, 7) is 13.3. The standard InChI is InChI=1S/C32H45N3O3/c1-9-10-11-12-13-18-35(25-16-14-24(15-17-25)32(4,5)6)30(28-27(36)21-38-31(28)37)33-29-22(2)19-26(34(7)8)20-23(29)3/h14-17,19-20,33H,9-13,18,21H2,1-8H3/b30-28+. The fourth-order valence-corrected chi connectivity index (χ4v) is 4.78. The zero-order chi connectivity index (χ0) is 28.0. The van der Waals surface area contributed by atoms with E-state index in [1.54, 1.807) is 0 Å². The quantitative estimate of drug-likeness (QED) is 0.151. The van der Waals surface area contributed by atoms with Gasteiger partial charge in [-0.05, 0) is 66.6 Å². The zero-order valence-corrected chi connectivity index (χ0v) is 24.5. The molecule has 0 atom stereocenters. The number of Topliss-reactive ketones (excluding diaryl/α,β-unsaturated/α-hetero) is 1. The van der Waals surface area contributed by atoms with Crippen LogP contribution in [0.15, 0.2) is 47.8 Å². The maximum Gasteiger partial charge on any atom is 0.346 e. The number of aryl methyl sites for hydroxylation is 2. The van der Waals surface area contributed by atoms with Crippen LogP contribution in [0.4, 0.5) is 17.1 Å². The number of cyclic esters (lactones) is 1. The van der Waals surface area contributed by atoms with Crippen molar-refractivity contribution in [3.05, 3.63) is 64.5 Å². The van der Waals surface area contributed by atoms with Crippen molar-refractivity contribution in [2.75, 3.05) is 42.4 Å². The lowest BCUT2D eigenvalue weighted by atomic mass is 9.87. The molecule has 1 aliphatic heterocycles. The number of carbonyl (C=O) groups excluding carboxylic acids is 2. The van der Waals surface area contributed by atoms with Gasteiger partial charge < -0.3 is 19.9 Å². The molecule has 0 bridgehead atoms. The van der Waals surface area contributed by atoms with Gasteiger partial charge in [-0.2, -0.15) is 0 Å². The summed E-state index contributed by atoms with van der Waals surface area (Å²) in [5, 5.41) is 3.55. The molecule has 0 aromatic heterocycles. The molecular weight excluding hydrogens is 474 g/mol. The average molecular weight is 520 g/mol. The minimum Gasteiger partial charge on any atom is -0.453 e. The highest BCUT2D eigenvalue weighted by molar-refractivity contribution is 6.23. The zero-order valence-electron chi connectivity index (χ0n) is 24.5. The monoisotopic (exact) mass is 519 g/mol. The van der Waals surface area contributed by atoms with Crippen molar-refractivity contribution in [3.63, 3.8) is 0 Å². The highest BCUT2D eigenvalue weighted by atomic mass is 16.5. The van der Waals surface area contributed by atoms with Gasteiger partial charge in [-0.15, -0.1) is 0 Å². The number of unbranched alkanes of at least 4 members (excludes halogenated alkanes) is 4. The van der Waals surface area contributed by atoms with Gasteiger partial charge in [0, 0.05) is 37.7 Å². The number of rotatable bonds is 11. The summed E-state index contributed by atoms with van der Waals surface area (Å²) in [6, 6.07) is 12.7. The number of carbonyl (C=O) groups is 2. The highest BCUT2D eigenvalue weighted by Crippen LogP contribution is 2.33. The molecule has 3 rings (SSSR count). The first-order valence-corrected chi connectivity index (χ1v) is 13.8. The largest absolute Gasteiger partial charge is 0.453 e. The van der Waals surface area contributed by atoms with Crippen LogP contribution in [0.1, 0.15) is 76.5 Å². The summed E-state index contributed by atoms with van der Waals surface area (Å²) in [7, 11) is 4.03. The number of anilines is 3. The Hall–Kier alpha value is -3.28. The Bertz CT molecular complexity index is 1130. The molecule has 1 saturated heterocycles. The van der Waals surface area contributed by atoms with Gasteiger partial charge >= 0.3 is 5.97 Å². The van der Waals surface area contributed by atoms with E-state index >= 15 is 0 Å². The molecule has 206 valence electrons. The molecular formula is C32H45N3O3. The van der Waals surface area contributed by atoms with Gasteiger partial charge in [0.2, 0.25) is 5.78 Å². The van der Waals surface area contributed by atoms with E-state index < -0.39 is 5.97 Å². The normalized spacial score (nSPS) is 14.9. The molecule has 0 radical (unpaired) electrons. The lowest BCUT2D eigenvalue weighted by Gasteiger charge is -2.31. The van der Waals surface area contributed by atoms with E-state index in [-0.39, 0.29) is 23.4 Å². The van der Waals surface area contributed by atoms with Crippen LogP contribution < -0.4 is 15.1 Å². The van der Waals surface area contributed by atoms with E-state index in [1.165, 1.54) is 18.4 Å². The Kier molecular flexibility index (Phi) is 9.64. The molecule has 0 saturated carbocycles. The van der Waals surface area contributed by atoms with E-state index in [1.807, 2.05) is 27.9 Å². The molecule has 0 spiro atoms. The lowest BCUT2D eigenvalue weighted by molar-refractivity contribution is -0.135.